The van der Waals surface area contributed by atoms with Crippen LogP contribution in [0.15, 0.2) is 30.3 Å². The van der Waals surface area contributed by atoms with Gasteiger partial charge in [-0.1, -0.05) is 18.2 Å². The number of hydrogen-bond donors (Lipinski definition) is 2. The summed E-state index contributed by atoms with van der Waals surface area (Å²) in [4.78, 5) is 12.7. The Morgan fingerprint density at radius 3 is 2.89 bits per heavy atom. The van der Waals surface area contributed by atoms with E-state index in [2.05, 4.69) is 10.6 Å². The van der Waals surface area contributed by atoms with Crippen LogP contribution >= 0.6 is 11.3 Å². The number of hydrogen-bond acceptors (Lipinski definition) is 3. The Bertz CT molecular complexity index is 527. The standard InChI is InChI=1S/C14H16N2OS/c17-14(16-8-7-15-11-5-6-11)13-9-10-3-1-2-4-12(10)18-13/h1-4,9,11,15H,5-8H2,(H,16,17). The number of amides is 1. The summed E-state index contributed by atoms with van der Waals surface area (Å²) in [7, 11) is 0. The van der Waals surface area contributed by atoms with Gasteiger partial charge in [-0.05, 0) is 30.4 Å². The molecule has 0 atom stereocenters. The predicted octanol–water partition coefficient (Wildman–Crippen LogP) is 2.38. The van der Waals surface area contributed by atoms with Crippen LogP contribution in [0.3, 0.4) is 0 Å². The third kappa shape index (κ3) is 2.71. The smallest absolute Gasteiger partial charge is 0.261 e. The molecule has 1 fully saturated rings. The van der Waals surface area contributed by atoms with Crippen LogP contribution in [0.25, 0.3) is 10.1 Å². The van der Waals surface area contributed by atoms with Crippen molar-refractivity contribution < 1.29 is 4.79 Å². The lowest BCUT2D eigenvalue weighted by Crippen LogP contribution is -2.32. The molecule has 2 aromatic rings. The summed E-state index contributed by atoms with van der Waals surface area (Å²) in [6.45, 7) is 1.56. The van der Waals surface area contributed by atoms with Gasteiger partial charge in [0.25, 0.3) is 5.91 Å². The van der Waals surface area contributed by atoms with Gasteiger partial charge in [0.2, 0.25) is 0 Å². The molecular formula is C14H16N2OS. The van der Waals surface area contributed by atoms with E-state index in [1.165, 1.54) is 17.5 Å². The summed E-state index contributed by atoms with van der Waals surface area (Å²) in [5, 5.41) is 7.47. The summed E-state index contributed by atoms with van der Waals surface area (Å²) < 4.78 is 1.17. The first-order valence-electron chi connectivity index (χ1n) is 6.33. The summed E-state index contributed by atoms with van der Waals surface area (Å²) in [5.41, 5.74) is 0. The molecule has 1 heterocycles. The second-order valence-electron chi connectivity index (χ2n) is 4.63. The number of rotatable bonds is 5. The molecule has 0 unspecified atom stereocenters. The maximum atomic E-state index is 11.9. The molecule has 1 aromatic heterocycles. The number of carbonyl (C=O) groups is 1. The van der Waals surface area contributed by atoms with E-state index in [9.17, 15) is 4.79 Å². The van der Waals surface area contributed by atoms with Crippen LogP contribution in [0.2, 0.25) is 0 Å². The fourth-order valence-electron chi connectivity index (χ4n) is 1.92. The Labute approximate surface area is 110 Å². The molecule has 94 valence electrons. The first-order chi connectivity index (χ1) is 8.83. The number of benzene rings is 1. The fraction of sp³-hybridized carbons (Fsp3) is 0.357. The lowest BCUT2D eigenvalue weighted by molar-refractivity contribution is 0.0958. The third-order valence-corrected chi connectivity index (χ3v) is 4.19. The van der Waals surface area contributed by atoms with Crippen LogP contribution in [0.4, 0.5) is 0 Å². The molecule has 0 bridgehead atoms. The van der Waals surface area contributed by atoms with Crippen LogP contribution in [0, 0.1) is 0 Å². The van der Waals surface area contributed by atoms with Crippen molar-refractivity contribution in [3.05, 3.63) is 35.2 Å². The minimum absolute atomic E-state index is 0.0359. The van der Waals surface area contributed by atoms with Crippen molar-refractivity contribution in [1.82, 2.24) is 10.6 Å². The highest BCUT2D eigenvalue weighted by Crippen LogP contribution is 2.24. The van der Waals surface area contributed by atoms with E-state index in [-0.39, 0.29) is 5.91 Å². The van der Waals surface area contributed by atoms with E-state index < -0.39 is 0 Å². The largest absolute Gasteiger partial charge is 0.350 e. The van der Waals surface area contributed by atoms with E-state index in [1.807, 2.05) is 30.3 Å². The average molecular weight is 260 g/mol. The molecule has 2 N–H and O–H groups in total. The van der Waals surface area contributed by atoms with E-state index >= 15 is 0 Å². The highest BCUT2D eigenvalue weighted by molar-refractivity contribution is 7.20. The van der Waals surface area contributed by atoms with Crippen molar-refractivity contribution >= 4 is 27.3 Å². The van der Waals surface area contributed by atoms with Gasteiger partial charge >= 0.3 is 0 Å². The third-order valence-electron chi connectivity index (χ3n) is 3.07. The van der Waals surface area contributed by atoms with Crippen molar-refractivity contribution in [3.63, 3.8) is 0 Å². The predicted molar refractivity (Wildman–Crippen MR) is 75.2 cm³/mol. The normalized spacial score (nSPS) is 14.9. The first-order valence-corrected chi connectivity index (χ1v) is 7.15. The minimum Gasteiger partial charge on any atom is -0.350 e. The molecule has 4 heteroatoms. The summed E-state index contributed by atoms with van der Waals surface area (Å²) in [6.07, 6.45) is 2.56. The highest BCUT2D eigenvalue weighted by Gasteiger charge is 2.19. The molecule has 0 spiro atoms. The van der Waals surface area contributed by atoms with E-state index in [1.54, 1.807) is 11.3 Å². The van der Waals surface area contributed by atoms with Crippen molar-refractivity contribution in [3.8, 4) is 0 Å². The molecule has 1 aliphatic rings. The average Bonchev–Trinajstić information content (AvgIpc) is 3.10. The van der Waals surface area contributed by atoms with Crippen LogP contribution < -0.4 is 10.6 Å². The second kappa shape index (κ2) is 5.08. The highest BCUT2D eigenvalue weighted by atomic mass is 32.1. The van der Waals surface area contributed by atoms with Gasteiger partial charge in [-0.15, -0.1) is 11.3 Å². The summed E-state index contributed by atoms with van der Waals surface area (Å²) in [5.74, 6) is 0.0359. The van der Waals surface area contributed by atoms with Gasteiger partial charge in [0.15, 0.2) is 0 Å². The van der Waals surface area contributed by atoms with Crippen LogP contribution in [0.1, 0.15) is 22.5 Å². The summed E-state index contributed by atoms with van der Waals surface area (Å²) in [6, 6.07) is 10.7. The SMILES string of the molecule is O=C(NCCNC1CC1)c1cc2ccccc2s1. The fourth-order valence-corrected chi connectivity index (χ4v) is 2.90. The molecule has 3 nitrogen and oxygen atoms in total. The second-order valence-corrected chi connectivity index (χ2v) is 5.72. The molecule has 1 saturated carbocycles. The van der Waals surface area contributed by atoms with Gasteiger partial charge < -0.3 is 10.6 Å². The monoisotopic (exact) mass is 260 g/mol. The lowest BCUT2D eigenvalue weighted by atomic mass is 10.2. The van der Waals surface area contributed by atoms with Crippen molar-refractivity contribution in [2.24, 2.45) is 0 Å². The zero-order chi connectivity index (χ0) is 12.4. The van der Waals surface area contributed by atoms with Crippen LogP contribution in [0.5, 0.6) is 0 Å². The van der Waals surface area contributed by atoms with Gasteiger partial charge in [-0.3, -0.25) is 4.79 Å². The quantitative estimate of drug-likeness (QED) is 0.810. The Balaban J connectivity index is 1.57. The summed E-state index contributed by atoms with van der Waals surface area (Å²) >= 11 is 1.55. The Hall–Kier alpha value is -1.39. The molecule has 0 aliphatic heterocycles. The first kappa shape index (κ1) is 11.7. The Kier molecular flexibility index (Phi) is 3.30. The number of nitrogens with one attached hydrogen (secondary N) is 2. The maximum Gasteiger partial charge on any atom is 0.261 e. The molecule has 1 aliphatic carbocycles. The van der Waals surface area contributed by atoms with E-state index in [4.69, 9.17) is 0 Å². The molecule has 1 amide bonds. The molecular weight excluding hydrogens is 244 g/mol. The maximum absolute atomic E-state index is 11.9. The molecule has 3 rings (SSSR count). The number of fused-ring (bicyclic) bond motifs is 1. The number of thiophene rings is 1. The van der Waals surface area contributed by atoms with Crippen LogP contribution in [-0.2, 0) is 0 Å². The number of carbonyl (C=O) groups excluding carboxylic acids is 1. The lowest BCUT2D eigenvalue weighted by Gasteiger charge is -2.04. The van der Waals surface area contributed by atoms with Crippen molar-refractivity contribution in [2.75, 3.05) is 13.1 Å². The van der Waals surface area contributed by atoms with Gasteiger partial charge in [-0.2, -0.15) is 0 Å². The van der Waals surface area contributed by atoms with Crippen LogP contribution in [-0.4, -0.2) is 25.0 Å². The molecule has 18 heavy (non-hydrogen) atoms. The van der Waals surface area contributed by atoms with E-state index in [0.717, 1.165) is 16.8 Å². The Morgan fingerprint density at radius 2 is 2.11 bits per heavy atom. The van der Waals surface area contributed by atoms with Gasteiger partial charge in [-0.25, -0.2) is 0 Å². The zero-order valence-corrected chi connectivity index (χ0v) is 10.9. The topological polar surface area (TPSA) is 41.1 Å². The van der Waals surface area contributed by atoms with Gasteiger partial charge in [0.05, 0.1) is 4.88 Å². The van der Waals surface area contributed by atoms with Crippen molar-refractivity contribution in [2.45, 2.75) is 18.9 Å². The Morgan fingerprint density at radius 1 is 1.28 bits per heavy atom. The minimum atomic E-state index is 0.0359. The molecule has 0 radical (unpaired) electrons. The van der Waals surface area contributed by atoms with Crippen molar-refractivity contribution in [1.29, 1.82) is 0 Å². The van der Waals surface area contributed by atoms with Gasteiger partial charge in [0, 0.05) is 23.8 Å². The molecule has 1 aromatic carbocycles. The van der Waals surface area contributed by atoms with E-state index in [0.29, 0.717) is 12.6 Å². The zero-order valence-electron chi connectivity index (χ0n) is 10.1. The van der Waals surface area contributed by atoms with Gasteiger partial charge in [0.1, 0.15) is 0 Å². The molecule has 0 saturated heterocycles.